The van der Waals surface area contributed by atoms with E-state index in [4.69, 9.17) is 5.11 Å². The predicted octanol–water partition coefficient (Wildman–Crippen LogP) is 2.65. The second-order valence-electron chi connectivity index (χ2n) is 5.31. The van der Waals surface area contributed by atoms with Gasteiger partial charge in [0.15, 0.2) is 0 Å². The Morgan fingerprint density at radius 3 is 2.73 bits per heavy atom. The number of hydrogen-bond donors (Lipinski definition) is 2. The van der Waals surface area contributed by atoms with Crippen LogP contribution in [0.2, 0.25) is 0 Å². The maximum atomic E-state index is 11.0. The number of aromatic nitrogens is 2. The first-order valence-electron chi connectivity index (χ1n) is 6.93. The van der Waals surface area contributed by atoms with Crippen molar-refractivity contribution in [3.8, 4) is 0 Å². The van der Waals surface area contributed by atoms with E-state index in [0.717, 1.165) is 24.2 Å². The number of rotatable bonds is 4. The van der Waals surface area contributed by atoms with E-state index in [1.165, 1.54) is 12.4 Å². The van der Waals surface area contributed by atoms with Gasteiger partial charge in [-0.15, -0.1) is 0 Å². The zero-order chi connectivity index (χ0) is 15.7. The number of anilines is 1. The van der Waals surface area contributed by atoms with E-state index in [-0.39, 0.29) is 17.0 Å². The highest BCUT2D eigenvalue weighted by atomic mass is 32.1. The summed E-state index contributed by atoms with van der Waals surface area (Å²) in [4.78, 5) is 30.2. The number of nitro groups is 1. The quantitative estimate of drug-likeness (QED) is 0.656. The maximum Gasteiger partial charge on any atom is 0.326 e. The molecule has 0 atom stereocenters. The molecule has 0 bridgehead atoms. The van der Waals surface area contributed by atoms with Crippen molar-refractivity contribution in [2.24, 2.45) is 5.92 Å². The Kier molecular flexibility index (Phi) is 3.88. The van der Waals surface area contributed by atoms with E-state index in [2.05, 4.69) is 15.3 Å². The Labute approximate surface area is 129 Å². The number of fused-ring (bicyclic) bond motifs is 1. The molecule has 3 rings (SSSR count). The van der Waals surface area contributed by atoms with Crippen molar-refractivity contribution in [2.45, 2.75) is 31.7 Å². The van der Waals surface area contributed by atoms with Gasteiger partial charge in [0, 0.05) is 12.1 Å². The van der Waals surface area contributed by atoms with Gasteiger partial charge in [-0.2, -0.15) is 0 Å². The summed E-state index contributed by atoms with van der Waals surface area (Å²) in [5, 5.41) is 23.8. The molecule has 1 aliphatic rings. The minimum Gasteiger partial charge on any atom is -0.481 e. The molecule has 9 heteroatoms. The number of hydrogen-bond acceptors (Lipinski definition) is 7. The average molecular weight is 322 g/mol. The number of nitrogens with one attached hydrogen (secondary N) is 1. The molecular formula is C13H14N4O4S. The van der Waals surface area contributed by atoms with Crippen molar-refractivity contribution in [1.82, 2.24) is 9.97 Å². The van der Waals surface area contributed by atoms with E-state index >= 15 is 0 Å². The van der Waals surface area contributed by atoms with Crippen LogP contribution < -0.4 is 5.32 Å². The Morgan fingerprint density at radius 1 is 1.36 bits per heavy atom. The fourth-order valence-electron chi connectivity index (χ4n) is 2.73. The van der Waals surface area contributed by atoms with Crippen LogP contribution in [0.3, 0.4) is 0 Å². The molecule has 0 aromatic carbocycles. The van der Waals surface area contributed by atoms with Crippen LogP contribution in [0.4, 0.5) is 10.8 Å². The second-order valence-corrected chi connectivity index (χ2v) is 6.32. The van der Waals surface area contributed by atoms with Gasteiger partial charge in [0.1, 0.15) is 17.0 Å². The Hall–Kier alpha value is -2.29. The van der Waals surface area contributed by atoms with E-state index in [1.54, 1.807) is 0 Å². The SMILES string of the molecule is O=C(O)C1CCC(Nc2ncnc3sc([N+](=O)[O-])cc23)CC1. The molecule has 1 saturated carbocycles. The summed E-state index contributed by atoms with van der Waals surface area (Å²) in [5.41, 5.74) is 0. The van der Waals surface area contributed by atoms with Crippen LogP contribution in [-0.4, -0.2) is 32.0 Å². The molecule has 0 radical (unpaired) electrons. The van der Waals surface area contributed by atoms with Crippen molar-refractivity contribution in [2.75, 3.05) is 5.32 Å². The van der Waals surface area contributed by atoms with E-state index in [0.29, 0.717) is 28.9 Å². The van der Waals surface area contributed by atoms with Crippen LogP contribution in [0.5, 0.6) is 0 Å². The van der Waals surface area contributed by atoms with Gasteiger partial charge >= 0.3 is 11.0 Å². The van der Waals surface area contributed by atoms with Gasteiger partial charge in [0.05, 0.1) is 16.2 Å². The monoisotopic (exact) mass is 322 g/mol. The minimum absolute atomic E-state index is 0.0353. The summed E-state index contributed by atoms with van der Waals surface area (Å²) in [7, 11) is 0. The molecule has 0 aliphatic heterocycles. The molecule has 1 aliphatic carbocycles. The lowest BCUT2D eigenvalue weighted by Crippen LogP contribution is -2.29. The van der Waals surface area contributed by atoms with Crippen molar-refractivity contribution in [3.63, 3.8) is 0 Å². The third-order valence-electron chi connectivity index (χ3n) is 3.91. The van der Waals surface area contributed by atoms with Crippen LogP contribution in [0.15, 0.2) is 12.4 Å². The van der Waals surface area contributed by atoms with Crippen LogP contribution in [0, 0.1) is 16.0 Å². The van der Waals surface area contributed by atoms with Crippen molar-refractivity contribution in [3.05, 3.63) is 22.5 Å². The third-order valence-corrected chi connectivity index (χ3v) is 4.91. The zero-order valence-corrected chi connectivity index (χ0v) is 12.4. The summed E-state index contributed by atoms with van der Waals surface area (Å²) in [6.45, 7) is 0. The van der Waals surface area contributed by atoms with Crippen LogP contribution in [-0.2, 0) is 4.79 Å². The fraction of sp³-hybridized carbons (Fsp3) is 0.462. The Balaban J connectivity index is 1.77. The second kappa shape index (κ2) is 5.84. The van der Waals surface area contributed by atoms with Gasteiger partial charge in [-0.3, -0.25) is 14.9 Å². The van der Waals surface area contributed by atoms with Crippen LogP contribution in [0.1, 0.15) is 25.7 Å². The summed E-state index contributed by atoms with van der Waals surface area (Å²) in [6.07, 6.45) is 4.13. The first-order valence-corrected chi connectivity index (χ1v) is 7.74. The molecule has 0 unspecified atom stereocenters. The molecule has 22 heavy (non-hydrogen) atoms. The molecular weight excluding hydrogens is 308 g/mol. The summed E-state index contributed by atoms with van der Waals surface area (Å²) in [5.74, 6) is -0.435. The molecule has 0 saturated heterocycles. The van der Waals surface area contributed by atoms with Gasteiger partial charge < -0.3 is 10.4 Å². The summed E-state index contributed by atoms with van der Waals surface area (Å²) >= 11 is 1.02. The lowest BCUT2D eigenvalue weighted by Gasteiger charge is -2.27. The minimum atomic E-state index is -0.740. The summed E-state index contributed by atoms with van der Waals surface area (Å²) in [6, 6.07) is 1.61. The highest BCUT2D eigenvalue weighted by Gasteiger charge is 2.26. The number of aliphatic carboxylic acids is 1. The van der Waals surface area contributed by atoms with Gasteiger partial charge in [-0.25, -0.2) is 9.97 Å². The van der Waals surface area contributed by atoms with Gasteiger partial charge in [0.25, 0.3) is 0 Å². The van der Waals surface area contributed by atoms with E-state index in [1.807, 2.05) is 0 Å². The van der Waals surface area contributed by atoms with Gasteiger partial charge in [-0.05, 0) is 37.0 Å². The molecule has 0 spiro atoms. The molecule has 0 amide bonds. The molecule has 116 valence electrons. The Bertz CT molecular complexity index is 724. The van der Waals surface area contributed by atoms with Crippen molar-refractivity contribution in [1.29, 1.82) is 0 Å². The average Bonchev–Trinajstić information content (AvgIpc) is 2.93. The number of nitrogens with zero attached hydrogens (tertiary/aromatic N) is 3. The lowest BCUT2D eigenvalue weighted by atomic mass is 9.86. The van der Waals surface area contributed by atoms with Crippen molar-refractivity contribution < 1.29 is 14.8 Å². The predicted molar refractivity (Wildman–Crippen MR) is 81.1 cm³/mol. The van der Waals surface area contributed by atoms with E-state index in [9.17, 15) is 14.9 Å². The fourth-order valence-corrected chi connectivity index (χ4v) is 3.54. The third kappa shape index (κ3) is 2.84. The smallest absolute Gasteiger partial charge is 0.326 e. The molecule has 2 N–H and O–H groups in total. The highest BCUT2D eigenvalue weighted by molar-refractivity contribution is 7.21. The lowest BCUT2D eigenvalue weighted by molar-refractivity contribution is -0.380. The standard InChI is InChI=1S/C13H14N4O4S/c18-13(19)7-1-3-8(4-2-7)16-11-9-5-10(17(20)21)22-12(9)15-6-14-11/h5-8H,1-4H2,(H,18,19)(H,14,15,16). The van der Waals surface area contributed by atoms with Gasteiger partial charge in [-0.1, -0.05) is 0 Å². The molecule has 2 heterocycles. The molecule has 2 aromatic heterocycles. The largest absolute Gasteiger partial charge is 0.481 e. The first-order chi connectivity index (χ1) is 10.5. The van der Waals surface area contributed by atoms with Crippen molar-refractivity contribution >= 4 is 38.3 Å². The maximum absolute atomic E-state index is 11.0. The normalized spacial score (nSPS) is 21.6. The van der Waals surface area contributed by atoms with E-state index < -0.39 is 10.9 Å². The van der Waals surface area contributed by atoms with Crippen LogP contribution >= 0.6 is 11.3 Å². The Morgan fingerprint density at radius 2 is 2.09 bits per heavy atom. The number of carboxylic acid groups (broad SMARTS) is 1. The number of carboxylic acids is 1. The zero-order valence-electron chi connectivity index (χ0n) is 11.6. The highest BCUT2D eigenvalue weighted by Crippen LogP contribution is 2.34. The topological polar surface area (TPSA) is 118 Å². The summed E-state index contributed by atoms with van der Waals surface area (Å²) < 4.78 is 0. The first kappa shape index (κ1) is 14.6. The number of thiophene rings is 1. The van der Waals surface area contributed by atoms with Crippen LogP contribution in [0.25, 0.3) is 10.2 Å². The van der Waals surface area contributed by atoms with Gasteiger partial charge in [0.2, 0.25) is 0 Å². The molecule has 1 fully saturated rings. The molecule has 2 aromatic rings. The molecule has 8 nitrogen and oxygen atoms in total. The number of carbonyl (C=O) groups is 1.